The fourth-order valence-electron chi connectivity index (χ4n) is 5.34. The van der Waals surface area contributed by atoms with Gasteiger partial charge in [0.05, 0.1) is 10.7 Å². The standard InChI is InChI=1S/C27H43ClN2O4/c1-2-3-4-5-6-7-8-9-10-11-14-30-15-12-20(13-16-30)17-21-18-23(28)25(29)26-24(21)22(27(31)32)19-33-34-26/h18,20,22H,2-17,19,29H2,1H3,(H,31,32). The molecule has 192 valence electrons. The molecule has 1 fully saturated rings. The highest BCUT2D eigenvalue weighted by molar-refractivity contribution is 6.33. The summed E-state index contributed by atoms with van der Waals surface area (Å²) in [6.45, 7) is 5.66. The van der Waals surface area contributed by atoms with Gasteiger partial charge in [0.15, 0.2) is 5.75 Å². The Morgan fingerprint density at radius 2 is 1.71 bits per heavy atom. The van der Waals surface area contributed by atoms with Gasteiger partial charge in [-0.1, -0.05) is 76.3 Å². The van der Waals surface area contributed by atoms with Crippen molar-refractivity contribution in [2.45, 2.75) is 96.3 Å². The van der Waals surface area contributed by atoms with E-state index >= 15 is 0 Å². The predicted octanol–water partition coefficient (Wildman–Crippen LogP) is 6.59. The summed E-state index contributed by atoms with van der Waals surface area (Å²) in [6.07, 6.45) is 16.7. The maximum absolute atomic E-state index is 11.8. The van der Waals surface area contributed by atoms with Crippen molar-refractivity contribution in [1.82, 2.24) is 4.90 Å². The van der Waals surface area contributed by atoms with Gasteiger partial charge in [-0.05, 0) is 62.9 Å². The first kappa shape index (κ1) is 27.1. The summed E-state index contributed by atoms with van der Waals surface area (Å²) in [4.78, 5) is 24.7. The van der Waals surface area contributed by atoms with Crippen LogP contribution < -0.4 is 10.6 Å². The minimum atomic E-state index is -0.932. The second-order valence-electron chi connectivity index (χ2n) is 10.1. The van der Waals surface area contributed by atoms with Crippen LogP contribution in [0.25, 0.3) is 0 Å². The molecule has 7 heteroatoms. The summed E-state index contributed by atoms with van der Waals surface area (Å²) in [7, 11) is 0. The number of anilines is 1. The number of piperidine rings is 1. The summed E-state index contributed by atoms with van der Waals surface area (Å²) in [5.74, 6) is -0.932. The lowest BCUT2D eigenvalue weighted by Gasteiger charge is -2.33. The number of halogens is 1. The molecule has 1 unspecified atom stereocenters. The van der Waals surface area contributed by atoms with Crippen LogP contribution in [-0.2, 0) is 16.1 Å². The van der Waals surface area contributed by atoms with Gasteiger partial charge in [-0.15, -0.1) is 0 Å². The normalized spacial score (nSPS) is 19.1. The Morgan fingerprint density at radius 1 is 1.09 bits per heavy atom. The number of benzene rings is 1. The number of unbranched alkanes of at least 4 members (excludes halogenated alkanes) is 9. The SMILES string of the molecule is CCCCCCCCCCCCN1CCC(Cc2cc(Cl)c(N)c3c2C(C(=O)O)COO3)CC1. The Balaban J connectivity index is 1.40. The third-order valence-corrected chi connectivity index (χ3v) is 7.77. The van der Waals surface area contributed by atoms with Gasteiger partial charge in [0.1, 0.15) is 12.5 Å². The first-order valence-electron chi connectivity index (χ1n) is 13.4. The number of fused-ring (bicyclic) bond motifs is 1. The molecule has 0 bridgehead atoms. The third kappa shape index (κ3) is 7.76. The molecular formula is C27H43ClN2O4. The maximum Gasteiger partial charge on any atom is 0.313 e. The molecule has 2 aliphatic heterocycles. The molecule has 2 heterocycles. The number of hydrogen-bond acceptors (Lipinski definition) is 5. The van der Waals surface area contributed by atoms with Crippen LogP contribution in [0.15, 0.2) is 6.07 Å². The molecule has 0 aromatic heterocycles. The molecule has 1 aromatic rings. The lowest BCUT2D eigenvalue weighted by Crippen LogP contribution is -2.35. The minimum Gasteiger partial charge on any atom is -0.481 e. The molecule has 0 amide bonds. The van der Waals surface area contributed by atoms with Gasteiger partial charge in [0, 0.05) is 5.56 Å². The van der Waals surface area contributed by atoms with E-state index in [1.54, 1.807) is 0 Å². The number of aliphatic carboxylic acids is 1. The monoisotopic (exact) mass is 494 g/mol. The van der Waals surface area contributed by atoms with E-state index in [0.29, 0.717) is 16.5 Å². The fraction of sp³-hybridized carbons (Fsp3) is 0.741. The van der Waals surface area contributed by atoms with Crippen LogP contribution in [0.3, 0.4) is 0 Å². The second-order valence-corrected chi connectivity index (χ2v) is 10.5. The van der Waals surface area contributed by atoms with E-state index in [4.69, 9.17) is 27.1 Å². The van der Waals surface area contributed by atoms with Crippen molar-refractivity contribution < 1.29 is 19.7 Å². The van der Waals surface area contributed by atoms with Gasteiger partial charge in [0.25, 0.3) is 0 Å². The van der Waals surface area contributed by atoms with Gasteiger partial charge in [-0.3, -0.25) is 4.79 Å². The van der Waals surface area contributed by atoms with E-state index in [2.05, 4.69) is 11.8 Å². The number of rotatable bonds is 14. The lowest BCUT2D eigenvalue weighted by molar-refractivity contribution is -0.222. The van der Waals surface area contributed by atoms with E-state index in [1.165, 1.54) is 70.8 Å². The van der Waals surface area contributed by atoms with E-state index < -0.39 is 11.9 Å². The predicted molar refractivity (Wildman–Crippen MR) is 138 cm³/mol. The van der Waals surface area contributed by atoms with Crippen molar-refractivity contribution in [1.29, 1.82) is 0 Å². The highest BCUT2D eigenvalue weighted by atomic mass is 35.5. The van der Waals surface area contributed by atoms with E-state index in [-0.39, 0.29) is 18.0 Å². The molecule has 1 atom stereocenters. The molecule has 6 nitrogen and oxygen atoms in total. The van der Waals surface area contributed by atoms with Crippen LogP contribution in [0.1, 0.15) is 101 Å². The van der Waals surface area contributed by atoms with Crippen LogP contribution >= 0.6 is 11.6 Å². The number of carboxylic acid groups (broad SMARTS) is 1. The Hall–Kier alpha value is -1.50. The lowest BCUT2D eigenvalue weighted by atomic mass is 9.84. The molecule has 1 aromatic carbocycles. The Morgan fingerprint density at radius 3 is 2.32 bits per heavy atom. The molecule has 2 aliphatic rings. The van der Waals surface area contributed by atoms with E-state index in [0.717, 1.165) is 37.9 Å². The minimum absolute atomic E-state index is 0.0201. The quantitative estimate of drug-likeness (QED) is 0.172. The molecule has 3 rings (SSSR count). The zero-order chi connectivity index (χ0) is 24.3. The summed E-state index contributed by atoms with van der Waals surface area (Å²) in [6, 6.07) is 1.83. The van der Waals surface area contributed by atoms with Crippen molar-refractivity contribution in [2.75, 3.05) is 32.0 Å². The molecule has 0 aliphatic carbocycles. The number of carboxylic acids is 1. The Bertz CT molecular complexity index is 780. The summed E-state index contributed by atoms with van der Waals surface area (Å²) >= 11 is 6.33. The molecule has 1 saturated heterocycles. The summed E-state index contributed by atoms with van der Waals surface area (Å²) in [5, 5.41) is 10.1. The van der Waals surface area contributed by atoms with Crippen molar-refractivity contribution in [3.05, 3.63) is 22.2 Å². The molecule has 3 N–H and O–H groups in total. The molecule has 34 heavy (non-hydrogen) atoms. The third-order valence-electron chi connectivity index (χ3n) is 7.46. The Labute approximate surface area is 210 Å². The molecular weight excluding hydrogens is 452 g/mol. The average Bonchev–Trinajstić information content (AvgIpc) is 2.84. The van der Waals surface area contributed by atoms with Gasteiger partial charge in [-0.2, -0.15) is 4.89 Å². The highest BCUT2D eigenvalue weighted by Crippen LogP contribution is 2.44. The van der Waals surface area contributed by atoms with Crippen LogP contribution in [0, 0.1) is 5.92 Å². The van der Waals surface area contributed by atoms with E-state index in [1.807, 2.05) is 6.07 Å². The van der Waals surface area contributed by atoms with E-state index in [9.17, 15) is 9.90 Å². The number of likely N-dealkylation sites (tertiary alicyclic amines) is 1. The van der Waals surface area contributed by atoms with Gasteiger partial charge < -0.3 is 20.6 Å². The topological polar surface area (TPSA) is 85.0 Å². The molecule has 0 radical (unpaired) electrons. The van der Waals surface area contributed by atoms with Crippen LogP contribution in [0.5, 0.6) is 5.75 Å². The molecule has 0 spiro atoms. The van der Waals surface area contributed by atoms with Crippen LogP contribution in [0.4, 0.5) is 5.69 Å². The smallest absolute Gasteiger partial charge is 0.313 e. The average molecular weight is 495 g/mol. The maximum atomic E-state index is 11.8. The van der Waals surface area contributed by atoms with Gasteiger partial charge in [0.2, 0.25) is 0 Å². The fourth-order valence-corrected chi connectivity index (χ4v) is 5.55. The zero-order valence-electron chi connectivity index (χ0n) is 20.8. The van der Waals surface area contributed by atoms with Gasteiger partial charge >= 0.3 is 5.97 Å². The first-order valence-corrected chi connectivity index (χ1v) is 13.7. The number of nitrogen functional groups attached to an aromatic ring is 1. The number of hydrogen-bond donors (Lipinski definition) is 2. The number of nitrogens with zero attached hydrogens (tertiary/aromatic N) is 1. The summed E-state index contributed by atoms with van der Waals surface area (Å²) in [5.41, 5.74) is 7.87. The van der Waals surface area contributed by atoms with Crippen LogP contribution in [0.2, 0.25) is 5.02 Å². The van der Waals surface area contributed by atoms with Crippen molar-refractivity contribution in [3.63, 3.8) is 0 Å². The molecule has 0 saturated carbocycles. The van der Waals surface area contributed by atoms with Crippen molar-refractivity contribution >= 4 is 23.3 Å². The van der Waals surface area contributed by atoms with Crippen LogP contribution in [-0.4, -0.2) is 42.2 Å². The second kappa shape index (κ2) is 14.2. The van der Waals surface area contributed by atoms with Crippen molar-refractivity contribution in [2.24, 2.45) is 5.92 Å². The highest BCUT2D eigenvalue weighted by Gasteiger charge is 2.35. The number of carbonyl (C=O) groups is 1. The summed E-state index contributed by atoms with van der Waals surface area (Å²) < 4.78 is 0. The van der Waals surface area contributed by atoms with Crippen molar-refractivity contribution in [3.8, 4) is 5.75 Å². The first-order chi connectivity index (χ1) is 16.5. The largest absolute Gasteiger partial charge is 0.481 e. The number of nitrogens with two attached hydrogens (primary N) is 1. The van der Waals surface area contributed by atoms with Gasteiger partial charge in [-0.25, -0.2) is 0 Å². The Kier molecular flexibility index (Phi) is 11.3. The zero-order valence-corrected chi connectivity index (χ0v) is 21.6.